The standard InChI is InChI=1S/C22H27N5O4/c1-15-13-16(2)27(24-15)18-8-6-17(7-9-18)23-21(29)19-5-3-4-10-26(19)20(28)14-25-11-12-31-22(25)30/h6-9,13,19H,3-5,10-12,14H2,1-2H3,(H,23,29). The lowest BCUT2D eigenvalue weighted by molar-refractivity contribution is -0.140. The molecule has 1 N–H and O–H groups in total. The Morgan fingerprint density at radius 1 is 1.16 bits per heavy atom. The number of anilines is 1. The first-order chi connectivity index (χ1) is 14.9. The first-order valence-electron chi connectivity index (χ1n) is 10.6. The Hall–Kier alpha value is -3.36. The molecule has 1 aromatic carbocycles. The highest BCUT2D eigenvalue weighted by atomic mass is 16.6. The third-order valence-corrected chi connectivity index (χ3v) is 5.69. The van der Waals surface area contributed by atoms with Crippen LogP contribution in [-0.2, 0) is 14.3 Å². The van der Waals surface area contributed by atoms with Gasteiger partial charge in [0.25, 0.3) is 0 Å². The third-order valence-electron chi connectivity index (χ3n) is 5.69. The van der Waals surface area contributed by atoms with E-state index >= 15 is 0 Å². The first-order valence-corrected chi connectivity index (χ1v) is 10.6. The van der Waals surface area contributed by atoms with Crippen LogP contribution in [0.5, 0.6) is 0 Å². The molecule has 164 valence electrons. The summed E-state index contributed by atoms with van der Waals surface area (Å²) in [5.74, 6) is -0.436. The topological polar surface area (TPSA) is 96.8 Å². The maximum absolute atomic E-state index is 13.0. The van der Waals surface area contributed by atoms with E-state index < -0.39 is 12.1 Å². The van der Waals surface area contributed by atoms with Crippen molar-refractivity contribution in [3.05, 3.63) is 41.7 Å². The average Bonchev–Trinajstić information content (AvgIpc) is 3.32. The van der Waals surface area contributed by atoms with Crippen LogP contribution in [0.3, 0.4) is 0 Å². The molecule has 0 bridgehead atoms. The van der Waals surface area contributed by atoms with Gasteiger partial charge in [-0.15, -0.1) is 0 Å². The van der Waals surface area contributed by atoms with Gasteiger partial charge in [0.1, 0.15) is 19.2 Å². The Balaban J connectivity index is 1.41. The zero-order chi connectivity index (χ0) is 22.0. The van der Waals surface area contributed by atoms with Crippen molar-refractivity contribution in [2.24, 2.45) is 0 Å². The van der Waals surface area contributed by atoms with Crippen LogP contribution in [-0.4, -0.2) is 69.8 Å². The number of nitrogens with zero attached hydrogens (tertiary/aromatic N) is 4. The number of aryl methyl sites for hydroxylation is 2. The maximum atomic E-state index is 13.0. The van der Waals surface area contributed by atoms with Crippen LogP contribution in [0.15, 0.2) is 30.3 Å². The summed E-state index contributed by atoms with van der Waals surface area (Å²) in [7, 11) is 0. The van der Waals surface area contributed by atoms with Crippen LogP contribution in [0.2, 0.25) is 0 Å². The number of likely N-dealkylation sites (tertiary alicyclic amines) is 1. The quantitative estimate of drug-likeness (QED) is 0.793. The van der Waals surface area contributed by atoms with Crippen LogP contribution in [0.1, 0.15) is 30.7 Å². The van der Waals surface area contributed by atoms with Gasteiger partial charge in [-0.2, -0.15) is 5.10 Å². The van der Waals surface area contributed by atoms with Gasteiger partial charge in [0, 0.05) is 17.9 Å². The van der Waals surface area contributed by atoms with Crippen molar-refractivity contribution in [1.82, 2.24) is 19.6 Å². The minimum absolute atomic E-state index is 0.0556. The molecular weight excluding hydrogens is 398 g/mol. The number of hydrogen-bond acceptors (Lipinski definition) is 5. The van der Waals surface area contributed by atoms with E-state index in [0.717, 1.165) is 29.9 Å². The predicted molar refractivity (Wildman–Crippen MR) is 114 cm³/mol. The van der Waals surface area contributed by atoms with Crippen molar-refractivity contribution in [1.29, 1.82) is 0 Å². The first kappa shape index (κ1) is 20.9. The number of carbonyl (C=O) groups is 3. The highest BCUT2D eigenvalue weighted by Crippen LogP contribution is 2.21. The molecule has 1 unspecified atom stereocenters. The van der Waals surface area contributed by atoms with Crippen LogP contribution < -0.4 is 5.32 Å². The van der Waals surface area contributed by atoms with E-state index in [2.05, 4.69) is 10.4 Å². The molecule has 0 spiro atoms. The Labute approximate surface area is 180 Å². The monoisotopic (exact) mass is 425 g/mol. The fraction of sp³-hybridized carbons (Fsp3) is 0.455. The SMILES string of the molecule is Cc1cc(C)n(-c2ccc(NC(=O)C3CCCCN3C(=O)CN3CCOC3=O)cc2)n1. The number of nitrogens with one attached hydrogen (secondary N) is 1. The Morgan fingerprint density at radius 3 is 2.58 bits per heavy atom. The lowest BCUT2D eigenvalue weighted by Gasteiger charge is -2.35. The summed E-state index contributed by atoms with van der Waals surface area (Å²) in [4.78, 5) is 40.4. The lowest BCUT2D eigenvalue weighted by Crippen LogP contribution is -2.52. The molecule has 2 saturated heterocycles. The molecular formula is C22H27N5O4. The molecule has 31 heavy (non-hydrogen) atoms. The van der Waals surface area contributed by atoms with Gasteiger partial charge >= 0.3 is 6.09 Å². The number of benzene rings is 1. The van der Waals surface area contributed by atoms with Gasteiger partial charge in [0.05, 0.1) is 17.9 Å². The number of amides is 3. The zero-order valence-electron chi connectivity index (χ0n) is 17.8. The molecule has 9 heteroatoms. The molecule has 3 amide bonds. The van der Waals surface area contributed by atoms with Gasteiger partial charge in [0.15, 0.2) is 0 Å². The minimum atomic E-state index is -0.546. The lowest BCUT2D eigenvalue weighted by atomic mass is 10.0. The second kappa shape index (κ2) is 8.79. The number of carbonyl (C=O) groups excluding carboxylic acids is 3. The van der Waals surface area contributed by atoms with Gasteiger partial charge in [-0.1, -0.05) is 0 Å². The summed E-state index contributed by atoms with van der Waals surface area (Å²) in [6, 6.07) is 8.93. The second-order valence-corrected chi connectivity index (χ2v) is 8.01. The van der Waals surface area contributed by atoms with Crippen LogP contribution >= 0.6 is 0 Å². The third kappa shape index (κ3) is 4.55. The minimum Gasteiger partial charge on any atom is -0.448 e. The van der Waals surface area contributed by atoms with Gasteiger partial charge in [-0.05, 0) is 63.4 Å². The largest absolute Gasteiger partial charge is 0.448 e. The molecule has 0 saturated carbocycles. The normalized spacial score (nSPS) is 18.8. The van der Waals surface area contributed by atoms with E-state index in [0.29, 0.717) is 31.8 Å². The van der Waals surface area contributed by atoms with E-state index in [9.17, 15) is 14.4 Å². The van der Waals surface area contributed by atoms with Crippen LogP contribution in [0, 0.1) is 13.8 Å². The highest BCUT2D eigenvalue weighted by molar-refractivity contribution is 5.97. The van der Waals surface area contributed by atoms with E-state index in [1.807, 2.05) is 48.9 Å². The summed E-state index contributed by atoms with van der Waals surface area (Å²) >= 11 is 0. The second-order valence-electron chi connectivity index (χ2n) is 8.01. The van der Waals surface area contributed by atoms with E-state index in [1.54, 1.807) is 4.90 Å². The molecule has 3 heterocycles. The van der Waals surface area contributed by atoms with Crippen LogP contribution in [0.25, 0.3) is 5.69 Å². The number of ether oxygens (including phenoxy) is 1. The Morgan fingerprint density at radius 2 is 1.94 bits per heavy atom. The van der Waals surface area contributed by atoms with Crippen molar-refractivity contribution in [2.75, 3.05) is 31.6 Å². The van der Waals surface area contributed by atoms with Crippen molar-refractivity contribution in [3.8, 4) is 5.69 Å². The van der Waals surface area contributed by atoms with Crippen LogP contribution in [0.4, 0.5) is 10.5 Å². The number of rotatable bonds is 5. The van der Waals surface area contributed by atoms with Gasteiger partial charge in [-0.3, -0.25) is 14.5 Å². The van der Waals surface area contributed by atoms with Gasteiger partial charge in [-0.25, -0.2) is 9.48 Å². The summed E-state index contributed by atoms with van der Waals surface area (Å²) in [5.41, 5.74) is 3.55. The molecule has 0 radical (unpaired) electrons. The predicted octanol–water partition coefficient (Wildman–Crippen LogP) is 2.26. The van der Waals surface area contributed by atoms with E-state index in [1.165, 1.54) is 4.90 Å². The molecule has 1 aromatic heterocycles. The fourth-order valence-electron chi connectivity index (χ4n) is 4.13. The van der Waals surface area contributed by atoms with E-state index in [4.69, 9.17) is 4.74 Å². The van der Waals surface area contributed by atoms with Gasteiger partial charge in [0.2, 0.25) is 11.8 Å². The number of hydrogen-bond donors (Lipinski definition) is 1. The van der Waals surface area contributed by atoms with Gasteiger partial charge < -0.3 is 15.0 Å². The van der Waals surface area contributed by atoms with Crippen molar-refractivity contribution in [3.63, 3.8) is 0 Å². The Bertz CT molecular complexity index is 984. The molecule has 1 atom stereocenters. The number of aromatic nitrogens is 2. The molecule has 4 rings (SSSR count). The molecule has 0 aliphatic carbocycles. The number of piperidine rings is 1. The molecule has 2 fully saturated rings. The molecule has 9 nitrogen and oxygen atoms in total. The molecule has 2 aliphatic heterocycles. The van der Waals surface area contributed by atoms with E-state index in [-0.39, 0.29) is 18.4 Å². The molecule has 2 aliphatic rings. The zero-order valence-corrected chi connectivity index (χ0v) is 17.8. The van der Waals surface area contributed by atoms with Crippen molar-refractivity contribution >= 4 is 23.6 Å². The summed E-state index contributed by atoms with van der Waals surface area (Å²) < 4.78 is 6.74. The number of cyclic esters (lactones) is 1. The maximum Gasteiger partial charge on any atom is 0.410 e. The average molecular weight is 425 g/mol. The fourth-order valence-corrected chi connectivity index (χ4v) is 4.13. The van der Waals surface area contributed by atoms with Crippen molar-refractivity contribution < 1.29 is 19.1 Å². The smallest absolute Gasteiger partial charge is 0.410 e. The van der Waals surface area contributed by atoms with Crippen molar-refractivity contribution in [2.45, 2.75) is 39.2 Å². The Kier molecular flexibility index (Phi) is 5.92. The summed E-state index contributed by atoms with van der Waals surface area (Å²) in [6.07, 6.45) is 1.85. The highest BCUT2D eigenvalue weighted by Gasteiger charge is 2.34. The molecule has 2 aromatic rings. The summed E-state index contributed by atoms with van der Waals surface area (Å²) in [5, 5.41) is 7.40. The summed E-state index contributed by atoms with van der Waals surface area (Å²) in [6.45, 7) is 5.09.